The van der Waals surface area contributed by atoms with Crippen LogP contribution >= 0.6 is 15.9 Å². The maximum atomic E-state index is 12.2. The molecular formula is C20H20BrNO5. The zero-order valence-electron chi connectivity index (χ0n) is 15.2. The van der Waals surface area contributed by atoms with E-state index in [2.05, 4.69) is 15.9 Å². The minimum atomic E-state index is -0.193. The van der Waals surface area contributed by atoms with Crippen LogP contribution in [0.1, 0.15) is 15.9 Å². The molecule has 2 aromatic rings. The first kappa shape index (κ1) is 20.5. The van der Waals surface area contributed by atoms with Gasteiger partial charge in [0.05, 0.1) is 11.6 Å². The number of benzene rings is 2. The Labute approximate surface area is 166 Å². The lowest BCUT2D eigenvalue weighted by Gasteiger charge is -2.15. The average molecular weight is 434 g/mol. The van der Waals surface area contributed by atoms with Gasteiger partial charge >= 0.3 is 0 Å². The zero-order valence-corrected chi connectivity index (χ0v) is 16.8. The minimum absolute atomic E-state index is 0.104. The van der Waals surface area contributed by atoms with Crippen molar-refractivity contribution in [2.45, 2.75) is 0 Å². The van der Waals surface area contributed by atoms with Gasteiger partial charge in [0, 0.05) is 19.7 Å². The predicted octanol–water partition coefficient (Wildman–Crippen LogP) is 3.53. The third-order valence-electron chi connectivity index (χ3n) is 3.67. The molecule has 0 aliphatic carbocycles. The molecule has 2 rings (SSSR count). The van der Waals surface area contributed by atoms with Gasteiger partial charge in [0.15, 0.2) is 23.9 Å². The smallest absolute Gasteiger partial charge is 0.259 e. The number of phenols is 1. The van der Waals surface area contributed by atoms with Gasteiger partial charge in [0.1, 0.15) is 5.75 Å². The van der Waals surface area contributed by atoms with Gasteiger partial charge < -0.3 is 19.5 Å². The largest absolute Gasteiger partial charge is 0.508 e. The lowest BCUT2D eigenvalue weighted by atomic mass is 10.1. The second kappa shape index (κ2) is 9.23. The highest BCUT2D eigenvalue weighted by molar-refractivity contribution is 9.10. The molecule has 6 nitrogen and oxygen atoms in total. The Hall–Kier alpha value is -2.80. The molecule has 0 saturated carbocycles. The fourth-order valence-corrected chi connectivity index (χ4v) is 2.71. The first-order valence-corrected chi connectivity index (χ1v) is 8.83. The number of amides is 1. The van der Waals surface area contributed by atoms with Gasteiger partial charge in [-0.1, -0.05) is 6.08 Å². The number of ketones is 1. The van der Waals surface area contributed by atoms with Gasteiger partial charge in [-0.25, -0.2) is 0 Å². The van der Waals surface area contributed by atoms with Gasteiger partial charge in [-0.15, -0.1) is 0 Å². The van der Waals surface area contributed by atoms with E-state index in [-0.39, 0.29) is 24.0 Å². The highest BCUT2D eigenvalue weighted by Crippen LogP contribution is 2.37. The summed E-state index contributed by atoms with van der Waals surface area (Å²) in [6, 6.07) is 9.50. The van der Waals surface area contributed by atoms with Crippen molar-refractivity contribution in [2.75, 3.05) is 27.8 Å². The van der Waals surface area contributed by atoms with E-state index in [0.717, 1.165) is 5.56 Å². The van der Waals surface area contributed by atoms with Crippen molar-refractivity contribution < 1.29 is 24.2 Å². The van der Waals surface area contributed by atoms with Gasteiger partial charge in [-0.2, -0.15) is 0 Å². The van der Waals surface area contributed by atoms with Crippen molar-refractivity contribution in [3.05, 3.63) is 58.1 Å². The molecule has 0 atom stereocenters. The molecule has 142 valence electrons. The number of nitrogens with zero attached hydrogens (tertiary/aromatic N) is 1. The van der Waals surface area contributed by atoms with Crippen LogP contribution in [0.5, 0.6) is 17.2 Å². The van der Waals surface area contributed by atoms with Crippen LogP contribution in [-0.2, 0) is 4.79 Å². The van der Waals surface area contributed by atoms with E-state index < -0.39 is 0 Å². The Kier molecular flexibility index (Phi) is 7.01. The van der Waals surface area contributed by atoms with Crippen molar-refractivity contribution in [1.82, 2.24) is 4.90 Å². The molecule has 1 N–H and O–H groups in total. The van der Waals surface area contributed by atoms with Crippen molar-refractivity contribution in [3.8, 4) is 17.2 Å². The molecule has 27 heavy (non-hydrogen) atoms. The summed E-state index contributed by atoms with van der Waals surface area (Å²) in [5.74, 6) is 0.587. The number of aromatic hydroxyl groups is 1. The summed E-state index contributed by atoms with van der Waals surface area (Å²) in [4.78, 5) is 25.3. The number of hydrogen-bond donors (Lipinski definition) is 1. The zero-order chi connectivity index (χ0) is 20.0. The molecule has 0 spiro atoms. The van der Waals surface area contributed by atoms with Crippen molar-refractivity contribution >= 4 is 33.7 Å². The maximum absolute atomic E-state index is 12.2. The van der Waals surface area contributed by atoms with Crippen molar-refractivity contribution in [1.29, 1.82) is 0 Å². The third kappa shape index (κ3) is 5.59. The van der Waals surface area contributed by atoms with Crippen LogP contribution in [0.15, 0.2) is 46.9 Å². The molecular weight excluding hydrogens is 414 g/mol. The molecule has 0 bridgehead atoms. The van der Waals surface area contributed by atoms with E-state index in [4.69, 9.17) is 9.47 Å². The van der Waals surface area contributed by atoms with E-state index >= 15 is 0 Å². The molecule has 1 amide bonds. The summed E-state index contributed by atoms with van der Waals surface area (Å²) in [5.41, 5.74) is 1.19. The number of hydrogen-bond acceptors (Lipinski definition) is 5. The van der Waals surface area contributed by atoms with Gasteiger partial charge in [-0.05, 0) is 64.0 Å². The van der Waals surface area contributed by atoms with Crippen LogP contribution in [-0.4, -0.2) is 49.5 Å². The van der Waals surface area contributed by atoms with Crippen LogP contribution < -0.4 is 9.47 Å². The first-order chi connectivity index (χ1) is 12.8. The van der Waals surface area contributed by atoms with E-state index in [1.54, 1.807) is 44.4 Å². The molecule has 2 aromatic carbocycles. The van der Waals surface area contributed by atoms with Crippen LogP contribution in [0, 0.1) is 0 Å². The van der Waals surface area contributed by atoms with Crippen LogP contribution in [0.2, 0.25) is 0 Å². The maximum Gasteiger partial charge on any atom is 0.259 e. The fraction of sp³-hybridized carbons (Fsp3) is 0.200. The standard InChI is InChI=1S/C20H20BrNO5/c1-22(2)19(25)12-27-20-16(21)10-13(11-18(20)26-3)4-9-17(24)14-5-7-15(23)8-6-14/h4-11,23H,12H2,1-3H3. The Bertz CT molecular complexity index is 859. The molecule has 0 radical (unpaired) electrons. The normalized spacial score (nSPS) is 10.7. The number of methoxy groups -OCH3 is 1. The molecule has 7 heteroatoms. The number of carbonyl (C=O) groups excluding carboxylic acids is 2. The Balaban J connectivity index is 2.18. The van der Waals surface area contributed by atoms with E-state index in [1.807, 2.05) is 0 Å². The summed E-state index contributed by atoms with van der Waals surface area (Å²) < 4.78 is 11.5. The highest BCUT2D eigenvalue weighted by Gasteiger charge is 2.14. The second-order valence-corrected chi connectivity index (χ2v) is 6.71. The summed E-state index contributed by atoms with van der Waals surface area (Å²) in [7, 11) is 4.80. The Morgan fingerprint density at radius 2 is 1.85 bits per heavy atom. The number of rotatable bonds is 7. The van der Waals surface area contributed by atoms with Gasteiger partial charge in [-0.3, -0.25) is 9.59 Å². The van der Waals surface area contributed by atoms with Gasteiger partial charge in [0.25, 0.3) is 5.91 Å². The minimum Gasteiger partial charge on any atom is -0.508 e. The average Bonchev–Trinajstić information content (AvgIpc) is 2.64. The van der Waals surface area contributed by atoms with Crippen LogP contribution in [0.3, 0.4) is 0 Å². The summed E-state index contributed by atoms with van der Waals surface area (Å²) in [5, 5.41) is 9.28. The number of allylic oxidation sites excluding steroid dienone is 1. The Morgan fingerprint density at radius 3 is 2.44 bits per heavy atom. The number of phenolic OH excluding ortho intramolecular Hbond substituents is 1. The Morgan fingerprint density at radius 1 is 1.19 bits per heavy atom. The lowest BCUT2D eigenvalue weighted by Crippen LogP contribution is -2.27. The lowest BCUT2D eigenvalue weighted by molar-refractivity contribution is -0.130. The SMILES string of the molecule is COc1cc(C=CC(=O)c2ccc(O)cc2)cc(Br)c1OCC(=O)N(C)C. The van der Waals surface area contributed by atoms with Crippen molar-refractivity contribution in [3.63, 3.8) is 0 Å². The van der Waals surface area contributed by atoms with E-state index in [9.17, 15) is 14.7 Å². The number of likely N-dealkylation sites (N-methyl/N-ethyl adjacent to an activating group) is 1. The highest BCUT2D eigenvalue weighted by atomic mass is 79.9. The number of ether oxygens (including phenoxy) is 2. The summed E-state index contributed by atoms with van der Waals surface area (Å²) >= 11 is 3.41. The monoisotopic (exact) mass is 433 g/mol. The summed E-state index contributed by atoms with van der Waals surface area (Å²) in [6.45, 7) is -0.115. The third-order valence-corrected chi connectivity index (χ3v) is 4.26. The van der Waals surface area contributed by atoms with Crippen LogP contribution in [0.25, 0.3) is 6.08 Å². The molecule has 0 heterocycles. The molecule has 0 aromatic heterocycles. The molecule has 0 aliphatic heterocycles. The number of halogens is 1. The predicted molar refractivity (Wildman–Crippen MR) is 106 cm³/mol. The van der Waals surface area contributed by atoms with E-state index in [1.165, 1.54) is 30.2 Å². The molecule has 0 fully saturated rings. The van der Waals surface area contributed by atoms with Gasteiger partial charge in [0.2, 0.25) is 0 Å². The molecule has 0 aliphatic rings. The topological polar surface area (TPSA) is 76.1 Å². The quantitative estimate of drug-likeness (QED) is 0.533. The van der Waals surface area contributed by atoms with Crippen LogP contribution in [0.4, 0.5) is 0 Å². The van der Waals surface area contributed by atoms with Crippen molar-refractivity contribution in [2.24, 2.45) is 0 Å². The molecule has 0 unspecified atom stereocenters. The first-order valence-electron chi connectivity index (χ1n) is 8.03. The number of carbonyl (C=O) groups is 2. The fourth-order valence-electron chi connectivity index (χ4n) is 2.13. The summed E-state index contributed by atoms with van der Waals surface area (Å²) in [6.07, 6.45) is 3.08. The second-order valence-electron chi connectivity index (χ2n) is 5.86. The molecule has 0 saturated heterocycles. The van der Waals surface area contributed by atoms with E-state index in [0.29, 0.717) is 21.5 Å².